The fourth-order valence-corrected chi connectivity index (χ4v) is 4.95. The molecule has 1 aliphatic heterocycles. The minimum Gasteiger partial charge on any atom is -0.490 e. The highest BCUT2D eigenvalue weighted by atomic mass is 32.2. The number of carbonyl (C=O) groups is 1. The van der Waals surface area contributed by atoms with Gasteiger partial charge in [-0.25, -0.2) is 14.6 Å². The highest BCUT2D eigenvalue weighted by molar-refractivity contribution is 7.99. The first-order valence-electron chi connectivity index (χ1n) is 12.9. The van der Waals surface area contributed by atoms with Crippen molar-refractivity contribution in [3.8, 4) is 11.5 Å². The zero-order valence-corrected chi connectivity index (χ0v) is 22.3. The second kappa shape index (κ2) is 12.8. The van der Waals surface area contributed by atoms with Gasteiger partial charge in [-0.2, -0.15) is 5.10 Å². The first kappa shape index (κ1) is 26.1. The summed E-state index contributed by atoms with van der Waals surface area (Å²) in [5.74, 6) is 3.00. The molecule has 1 aromatic carbocycles. The summed E-state index contributed by atoms with van der Waals surface area (Å²) in [5, 5.41) is 9.35. The molecular formula is C26H36N6O3S. The van der Waals surface area contributed by atoms with Crippen LogP contribution in [0.2, 0.25) is 0 Å². The summed E-state index contributed by atoms with van der Waals surface area (Å²) >= 11 is 1.68. The van der Waals surface area contributed by atoms with Crippen LogP contribution in [0.25, 0.3) is 11.0 Å². The molecular weight excluding hydrogens is 476 g/mol. The Morgan fingerprint density at radius 1 is 1.06 bits per heavy atom. The van der Waals surface area contributed by atoms with Crippen molar-refractivity contribution in [1.29, 1.82) is 0 Å². The van der Waals surface area contributed by atoms with Crippen LogP contribution in [0.1, 0.15) is 56.8 Å². The van der Waals surface area contributed by atoms with Crippen molar-refractivity contribution < 1.29 is 14.3 Å². The van der Waals surface area contributed by atoms with E-state index in [0.29, 0.717) is 43.4 Å². The Balaban J connectivity index is 1.48. The fraction of sp³-hybridized carbons (Fsp3) is 0.538. The molecule has 2 aromatic heterocycles. The van der Waals surface area contributed by atoms with E-state index in [-0.39, 0.29) is 5.91 Å². The van der Waals surface area contributed by atoms with Gasteiger partial charge in [0.15, 0.2) is 22.3 Å². The molecule has 0 radical (unpaired) electrons. The maximum Gasteiger partial charge on any atom is 0.251 e. The number of hydrogen-bond acceptors (Lipinski definition) is 8. The first-order chi connectivity index (χ1) is 17.6. The van der Waals surface area contributed by atoms with Crippen LogP contribution in [0.15, 0.2) is 29.6 Å². The zero-order valence-electron chi connectivity index (χ0n) is 21.5. The van der Waals surface area contributed by atoms with Crippen LogP contribution in [0.4, 0.5) is 5.82 Å². The van der Waals surface area contributed by atoms with Crippen molar-refractivity contribution >= 4 is 34.5 Å². The van der Waals surface area contributed by atoms with E-state index in [1.165, 1.54) is 19.3 Å². The van der Waals surface area contributed by atoms with E-state index in [0.717, 1.165) is 47.3 Å². The molecule has 0 spiro atoms. The molecule has 36 heavy (non-hydrogen) atoms. The van der Waals surface area contributed by atoms with Gasteiger partial charge in [0.25, 0.3) is 5.91 Å². The molecule has 4 rings (SSSR count). The number of thioether (sulfide) groups is 1. The number of anilines is 1. The van der Waals surface area contributed by atoms with Crippen molar-refractivity contribution in [3.63, 3.8) is 0 Å². The molecule has 9 nitrogen and oxygen atoms in total. The third kappa shape index (κ3) is 6.21. The van der Waals surface area contributed by atoms with Gasteiger partial charge in [0.05, 0.1) is 31.3 Å². The Kier molecular flexibility index (Phi) is 9.27. The number of benzene rings is 1. The molecule has 1 aliphatic rings. The quantitative estimate of drug-likeness (QED) is 0.279. The molecule has 0 saturated carbocycles. The molecule has 194 valence electrons. The van der Waals surface area contributed by atoms with Crippen LogP contribution in [-0.2, 0) is 6.54 Å². The average molecular weight is 513 g/mol. The fourth-order valence-electron chi connectivity index (χ4n) is 4.26. The number of nitrogens with zero attached hydrogens (tertiary/aromatic N) is 5. The summed E-state index contributed by atoms with van der Waals surface area (Å²) in [6.45, 7) is 9.97. The average Bonchev–Trinajstić information content (AvgIpc) is 3.31. The minimum absolute atomic E-state index is 0.168. The number of piperidine rings is 1. The Labute approximate surface area is 217 Å². The molecule has 1 saturated heterocycles. The van der Waals surface area contributed by atoms with Gasteiger partial charge in [0, 0.05) is 31.0 Å². The molecule has 0 unspecified atom stereocenters. The first-order valence-corrected chi connectivity index (χ1v) is 13.9. The van der Waals surface area contributed by atoms with Crippen LogP contribution in [-0.4, -0.2) is 64.3 Å². The van der Waals surface area contributed by atoms with Gasteiger partial charge in [-0.15, -0.1) is 0 Å². The van der Waals surface area contributed by atoms with Crippen LogP contribution in [0, 0.1) is 0 Å². The predicted octanol–water partition coefficient (Wildman–Crippen LogP) is 4.55. The molecule has 1 N–H and O–H groups in total. The zero-order chi connectivity index (χ0) is 25.3. The third-order valence-corrected chi connectivity index (χ3v) is 7.01. The summed E-state index contributed by atoms with van der Waals surface area (Å²) in [6, 6.07) is 5.25. The molecule has 1 amide bonds. The number of fused-ring (bicyclic) bond motifs is 1. The van der Waals surface area contributed by atoms with Gasteiger partial charge in [0.2, 0.25) is 0 Å². The highest BCUT2D eigenvalue weighted by Gasteiger charge is 2.20. The van der Waals surface area contributed by atoms with Crippen LogP contribution >= 0.6 is 11.8 Å². The molecule has 1 fully saturated rings. The standard InChI is InChI=1S/C26H36N6O3S/c1-4-16-36-26-29-23(31-13-8-7-9-14-31)20-18-28-32(24(20)30-26)15-12-27-25(33)19-10-11-21(34-5-2)22(17-19)35-6-3/h10-11,17-18H,4-9,12-16H2,1-3H3,(H,27,33). The van der Waals surface area contributed by atoms with Crippen molar-refractivity contribution in [1.82, 2.24) is 25.1 Å². The van der Waals surface area contributed by atoms with E-state index < -0.39 is 0 Å². The lowest BCUT2D eigenvalue weighted by atomic mass is 10.1. The van der Waals surface area contributed by atoms with E-state index in [1.807, 2.05) is 24.7 Å². The number of aromatic nitrogens is 4. The highest BCUT2D eigenvalue weighted by Crippen LogP contribution is 2.30. The summed E-state index contributed by atoms with van der Waals surface area (Å²) in [5.41, 5.74) is 1.35. The van der Waals surface area contributed by atoms with Gasteiger partial charge >= 0.3 is 0 Å². The normalized spacial score (nSPS) is 13.7. The van der Waals surface area contributed by atoms with E-state index in [9.17, 15) is 4.79 Å². The Morgan fingerprint density at radius 3 is 2.58 bits per heavy atom. The Hall–Kier alpha value is -3.01. The topological polar surface area (TPSA) is 94.4 Å². The molecule has 3 heterocycles. The Bertz CT molecular complexity index is 1160. The number of hydrogen-bond donors (Lipinski definition) is 1. The van der Waals surface area contributed by atoms with Crippen molar-refractivity contribution in [2.75, 3.05) is 43.5 Å². The number of carbonyl (C=O) groups excluding carboxylic acids is 1. The van der Waals surface area contributed by atoms with Crippen molar-refractivity contribution in [2.24, 2.45) is 0 Å². The predicted molar refractivity (Wildman–Crippen MR) is 144 cm³/mol. The molecule has 0 atom stereocenters. The number of ether oxygens (including phenoxy) is 2. The third-order valence-electron chi connectivity index (χ3n) is 5.96. The van der Waals surface area contributed by atoms with Gasteiger partial charge in [-0.3, -0.25) is 4.79 Å². The number of nitrogens with one attached hydrogen (secondary N) is 1. The maximum atomic E-state index is 12.8. The Morgan fingerprint density at radius 2 is 1.83 bits per heavy atom. The second-order valence-electron chi connectivity index (χ2n) is 8.61. The smallest absolute Gasteiger partial charge is 0.251 e. The van der Waals surface area contributed by atoms with Crippen LogP contribution in [0.3, 0.4) is 0 Å². The van der Waals surface area contributed by atoms with E-state index in [4.69, 9.17) is 19.4 Å². The minimum atomic E-state index is -0.168. The lowest BCUT2D eigenvalue weighted by Gasteiger charge is -2.28. The van der Waals surface area contributed by atoms with Crippen molar-refractivity contribution in [2.45, 2.75) is 58.2 Å². The largest absolute Gasteiger partial charge is 0.490 e. The second-order valence-corrected chi connectivity index (χ2v) is 9.68. The summed E-state index contributed by atoms with van der Waals surface area (Å²) < 4.78 is 13.1. The monoisotopic (exact) mass is 512 g/mol. The number of amides is 1. The van der Waals surface area contributed by atoms with Gasteiger partial charge in [-0.05, 0) is 57.7 Å². The number of rotatable bonds is 12. The maximum absolute atomic E-state index is 12.8. The summed E-state index contributed by atoms with van der Waals surface area (Å²) in [7, 11) is 0. The summed E-state index contributed by atoms with van der Waals surface area (Å²) in [6.07, 6.45) is 6.55. The van der Waals surface area contributed by atoms with Gasteiger partial charge < -0.3 is 19.7 Å². The molecule has 0 aliphatic carbocycles. The van der Waals surface area contributed by atoms with E-state index in [2.05, 4.69) is 22.2 Å². The van der Waals surface area contributed by atoms with E-state index >= 15 is 0 Å². The van der Waals surface area contributed by atoms with Gasteiger partial charge in [0.1, 0.15) is 5.82 Å². The van der Waals surface area contributed by atoms with Crippen molar-refractivity contribution in [3.05, 3.63) is 30.0 Å². The molecule has 3 aromatic rings. The molecule has 10 heteroatoms. The lowest BCUT2D eigenvalue weighted by Crippen LogP contribution is -2.30. The van der Waals surface area contributed by atoms with Gasteiger partial charge in [-0.1, -0.05) is 18.7 Å². The van der Waals surface area contributed by atoms with Crippen LogP contribution < -0.4 is 19.7 Å². The van der Waals surface area contributed by atoms with Crippen LogP contribution in [0.5, 0.6) is 11.5 Å². The summed E-state index contributed by atoms with van der Waals surface area (Å²) in [4.78, 5) is 24.9. The lowest BCUT2D eigenvalue weighted by molar-refractivity contribution is 0.0951. The molecule has 0 bridgehead atoms. The van der Waals surface area contributed by atoms with E-state index in [1.54, 1.807) is 30.0 Å². The SMILES string of the molecule is CCCSc1nc(N2CCCCC2)c2cnn(CCNC(=O)c3ccc(OCC)c(OCC)c3)c2n1.